The number of aliphatic hydroxyl groups excluding tert-OH is 2. The van der Waals surface area contributed by atoms with Crippen LogP contribution < -0.4 is 4.74 Å². The summed E-state index contributed by atoms with van der Waals surface area (Å²) in [6, 6.07) is 8.04. The molecular weight excluding hydrogens is 268 g/mol. The Balaban J connectivity index is 1.81. The third-order valence-corrected chi connectivity index (χ3v) is 6.08. The zero-order chi connectivity index (χ0) is 13.0. The number of ether oxygens (including phenoxy) is 1. The van der Waals surface area contributed by atoms with Crippen LogP contribution in [-0.2, 0) is 5.75 Å². The van der Waals surface area contributed by atoms with Crippen molar-refractivity contribution in [3.05, 3.63) is 29.8 Å². The zero-order valence-electron chi connectivity index (χ0n) is 10.3. The Morgan fingerprint density at radius 2 is 2.11 bits per heavy atom. The van der Waals surface area contributed by atoms with E-state index in [0.717, 1.165) is 17.9 Å². The molecule has 0 amide bonds. The van der Waals surface area contributed by atoms with Gasteiger partial charge in [-0.25, -0.2) is 0 Å². The van der Waals surface area contributed by atoms with Crippen molar-refractivity contribution in [1.29, 1.82) is 0 Å². The van der Waals surface area contributed by atoms with Crippen LogP contribution in [0.4, 0.5) is 0 Å². The number of thioether (sulfide) groups is 2. The van der Waals surface area contributed by atoms with E-state index in [1.165, 1.54) is 5.56 Å². The van der Waals surface area contributed by atoms with E-state index in [2.05, 4.69) is 12.1 Å². The Hall–Kier alpha value is -0.360. The molecule has 18 heavy (non-hydrogen) atoms. The van der Waals surface area contributed by atoms with Gasteiger partial charge in [0.15, 0.2) is 0 Å². The van der Waals surface area contributed by atoms with Crippen LogP contribution in [0.3, 0.4) is 0 Å². The van der Waals surface area contributed by atoms with Gasteiger partial charge in [0.2, 0.25) is 0 Å². The van der Waals surface area contributed by atoms with E-state index in [1.54, 1.807) is 18.9 Å². The molecule has 2 rings (SSSR count). The van der Waals surface area contributed by atoms with E-state index >= 15 is 0 Å². The van der Waals surface area contributed by atoms with Crippen LogP contribution in [-0.4, -0.2) is 39.9 Å². The molecule has 1 aromatic carbocycles. The standard InChI is InChI=1S/C13H18O3S2/c1-16-10-4-2-9(3-5-10)8-17-13-6-11(15)12(7-14)18-13/h2-5,11-15H,6-8H2,1H3/t11-,12+,13?/m0/s1. The van der Waals surface area contributed by atoms with Gasteiger partial charge in [0.05, 0.1) is 29.7 Å². The summed E-state index contributed by atoms with van der Waals surface area (Å²) in [5.41, 5.74) is 1.25. The van der Waals surface area contributed by atoms with E-state index < -0.39 is 0 Å². The van der Waals surface area contributed by atoms with Crippen molar-refractivity contribution in [2.75, 3.05) is 13.7 Å². The average Bonchev–Trinajstić information content (AvgIpc) is 2.77. The van der Waals surface area contributed by atoms with Crippen LogP contribution in [0.1, 0.15) is 12.0 Å². The zero-order valence-corrected chi connectivity index (χ0v) is 11.9. The highest BCUT2D eigenvalue weighted by Gasteiger charge is 2.33. The summed E-state index contributed by atoms with van der Waals surface area (Å²) in [4.78, 5) is 0. The summed E-state index contributed by atoms with van der Waals surface area (Å²) in [7, 11) is 1.66. The fraction of sp³-hybridized carbons (Fsp3) is 0.538. The van der Waals surface area contributed by atoms with Crippen LogP contribution >= 0.6 is 23.5 Å². The number of methoxy groups -OCH3 is 1. The van der Waals surface area contributed by atoms with Crippen LogP contribution in [0.25, 0.3) is 0 Å². The number of hydrogen-bond acceptors (Lipinski definition) is 5. The average molecular weight is 286 g/mol. The summed E-state index contributed by atoms with van der Waals surface area (Å²) in [6.45, 7) is 0.0609. The molecule has 3 atom stereocenters. The van der Waals surface area contributed by atoms with E-state index in [0.29, 0.717) is 4.58 Å². The Bertz CT molecular complexity index is 369. The quantitative estimate of drug-likeness (QED) is 0.868. The predicted molar refractivity (Wildman–Crippen MR) is 77.2 cm³/mol. The molecule has 1 fully saturated rings. The molecule has 5 heteroatoms. The molecule has 1 unspecified atom stereocenters. The molecule has 0 saturated carbocycles. The lowest BCUT2D eigenvalue weighted by atomic mass is 10.2. The first kappa shape index (κ1) is 14.1. The fourth-order valence-electron chi connectivity index (χ4n) is 1.87. The van der Waals surface area contributed by atoms with Crippen LogP contribution in [0.15, 0.2) is 24.3 Å². The minimum atomic E-state index is -0.367. The minimum Gasteiger partial charge on any atom is -0.497 e. The van der Waals surface area contributed by atoms with Crippen LogP contribution in [0, 0.1) is 0 Å². The highest BCUT2D eigenvalue weighted by Crippen LogP contribution is 2.41. The van der Waals surface area contributed by atoms with E-state index in [1.807, 2.05) is 23.9 Å². The van der Waals surface area contributed by atoms with Crippen LogP contribution in [0.5, 0.6) is 5.75 Å². The summed E-state index contributed by atoms with van der Waals surface area (Å²) in [5, 5.41) is 18.8. The first-order chi connectivity index (χ1) is 8.72. The number of aliphatic hydroxyl groups is 2. The van der Waals surface area contributed by atoms with Crippen molar-refractivity contribution < 1.29 is 14.9 Å². The maximum atomic E-state index is 9.71. The maximum absolute atomic E-state index is 9.71. The first-order valence-corrected chi connectivity index (χ1v) is 7.91. The van der Waals surface area contributed by atoms with Gasteiger partial charge in [-0.1, -0.05) is 12.1 Å². The molecule has 0 aliphatic carbocycles. The predicted octanol–water partition coefficient (Wildman–Crippen LogP) is 2.11. The molecule has 1 aromatic rings. The van der Waals surface area contributed by atoms with Crippen molar-refractivity contribution in [2.24, 2.45) is 0 Å². The van der Waals surface area contributed by atoms with Gasteiger partial charge in [-0.2, -0.15) is 0 Å². The normalized spacial score (nSPS) is 27.4. The Kier molecular flexibility index (Phi) is 5.24. The van der Waals surface area contributed by atoms with Gasteiger partial charge in [0, 0.05) is 5.75 Å². The molecule has 100 valence electrons. The minimum absolute atomic E-state index is 0.0154. The second kappa shape index (κ2) is 6.70. The second-order valence-electron chi connectivity index (χ2n) is 4.25. The highest BCUT2D eigenvalue weighted by atomic mass is 32.2. The smallest absolute Gasteiger partial charge is 0.118 e. The van der Waals surface area contributed by atoms with Gasteiger partial charge in [-0.05, 0) is 24.1 Å². The first-order valence-electron chi connectivity index (χ1n) is 5.92. The molecule has 0 spiro atoms. The second-order valence-corrected chi connectivity index (χ2v) is 7.18. The summed E-state index contributed by atoms with van der Waals surface area (Å²) >= 11 is 3.51. The molecule has 1 heterocycles. The van der Waals surface area contributed by atoms with Crippen molar-refractivity contribution >= 4 is 23.5 Å². The molecule has 1 saturated heterocycles. The third kappa shape index (κ3) is 3.57. The van der Waals surface area contributed by atoms with Crippen molar-refractivity contribution in [2.45, 2.75) is 28.1 Å². The van der Waals surface area contributed by atoms with E-state index in [9.17, 15) is 5.11 Å². The molecule has 0 aromatic heterocycles. The SMILES string of the molecule is COc1ccc(CSC2C[C@H](O)[C@@H](CO)S2)cc1. The van der Waals surface area contributed by atoms with Gasteiger partial charge < -0.3 is 14.9 Å². The highest BCUT2D eigenvalue weighted by molar-refractivity contribution is 8.17. The molecule has 2 N–H and O–H groups in total. The van der Waals surface area contributed by atoms with Gasteiger partial charge in [0.25, 0.3) is 0 Å². The number of benzene rings is 1. The summed E-state index contributed by atoms with van der Waals surface area (Å²) < 4.78 is 5.49. The molecule has 0 bridgehead atoms. The third-order valence-electron chi connectivity index (χ3n) is 2.96. The Morgan fingerprint density at radius 3 is 2.67 bits per heavy atom. The molecule has 1 aliphatic heterocycles. The van der Waals surface area contributed by atoms with Crippen molar-refractivity contribution in [1.82, 2.24) is 0 Å². The van der Waals surface area contributed by atoms with Crippen molar-refractivity contribution in [3.8, 4) is 5.75 Å². The molecule has 3 nitrogen and oxygen atoms in total. The fourth-order valence-corrected chi connectivity index (χ4v) is 4.80. The van der Waals surface area contributed by atoms with Gasteiger partial charge >= 0.3 is 0 Å². The van der Waals surface area contributed by atoms with Gasteiger partial charge in [0.1, 0.15) is 5.75 Å². The van der Waals surface area contributed by atoms with Gasteiger partial charge in [-0.3, -0.25) is 0 Å². The van der Waals surface area contributed by atoms with Crippen LogP contribution in [0.2, 0.25) is 0 Å². The number of hydrogen-bond donors (Lipinski definition) is 2. The van der Waals surface area contributed by atoms with Gasteiger partial charge in [-0.15, -0.1) is 23.5 Å². The molecular formula is C13H18O3S2. The Labute approximate surface area is 116 Å². The monoisotopic (exact) mass is 286 g/mol. The van der Waals surface area contributed by atoms with E-state index in [4.69, 9.17) is 9.84 Å². The summed E-state index contributed by atoms with van der Waals surface area (Å²) in [5.74, 6) is 1.79. The lowest BCUT2D eigenvalue weighted by Crippen LogP contribution is -2.20. The maximum Gasteiger partial charge on any atom is 0.118 e. The van der Waals surface area contributed by atoms with Crippen molar-refractivity contribution in [3.63, 3.8) is 0 Å². The molecule has 1 aliphatic rings. The lowest BCUT2D eigenvalue weighted by molar-refractivity contribution is 0.144. The molecule has 0 radical (unpaired) electrons. The van der Waals surface area contributed by atoms with E-state index in [-0.39, 0.29) is 18.0 Å². The largest absolute Gasteiger partial charge is 0.497 e. The lowest BCUT2D eigenvalue weighted by Gasteiger charge is -2.09. The number of rotatable bonds is 5. The Morgan fingerprint density at radius 1 is 1.39 bits per heavy atom. The summed E-state index contributed by atoms with van der Waals surface area (Å²) in [6.07, 6.45) is 0.393. The topological polar surface area (TPSA) is 49.7 Å².